The second-order valence-corrected chi connectivity index (χ2v) is 17.9. The molecule has 0 aliphatic rings. The summed E-state index contributed by atoms with van der Waals surface area (Å²) in [6.45, 7) is 4.71. The number of nitrogens with zero attached hydrogens (tertiary/aromatic N) is 1. The molecule has 8 nitrogen and oxygen atoms in total. The van der Waals surface area contributed by atoms with Crippen molar-refractivity contribution in [2.75, 3.05) is 40.9 Å². The Hall–Kier alpha value is -1.54. The number of likely N-dealkylation sites (N-methyl/N-ethyl adjacent to an activating group) is 1. The van der Waals surface area contributed by atoms with Gasteiger partial charge in [-0.15, -0.1) is 0 Å². The molecule has 0 rings (SSSR count). The van der Waals surface area contributed by atoms with Gasteiger partial charge in [-0.05, 0) is 57.8 Å². The van der Waals surface area contributed by atoms with Gasteiger partial charge in [0.15, 0.2) is 0 Å². The Labute approximate surface area is 339 Å². The average Bonchev–Trinajstić information content (AvgIpc) is 3.13. The molecule has 0 saturated carbocycles. The molecule has 3 atom stereocenters. The Morgan fingerprint density at radius 3 is 1.53 bits per heavy atom. The molecule has 3 N–H and O–H groups in total. The smallest absolute Gasteiger partial charge is 0.387 e. The molecule has 0 aromatic carbocycles. The summed E-state index contributed by atoms with van der Waals surface area (Å²) >= 11 is 0. The van der Waals surface area contributed by atoms with Gasteiger partial charge in [0, 0.05) is 6.42 Å². The average molecular weight is 796 g/mol. The van der Waals surface area contributed by atoms with Crippen LogP contribution in [0.5, 0.6) is 0 Å². The predicted octanol–water partition coefficient (Wildman–Crippen LogP) is 12.5. The first-order valence-electron chi connectivity index (χ1n) is 22.5. The van der Waals surface area contributed by atoms with Crippen molar-refractivity contribution in [3.05, 3.63) is 48.6 Å². The molecule has 0 bridgehead atoms. The normalized spacial score (nSPS) is 14.8. The van der Waals surface area contributed by atoms with Crippen molar-refractivity contribution < 1.29 is 32.9 Å². The van der Waals surface area contributed by atoms with Gasteiger partial charge in [0.05, 0.1) is 39.9 Å². The number of unbranched alkanes of at least 4 members (excludes halogenated alkanes) is 21. The van der Waals surface area contributed by atoms with Crippen molar-refractivity contribution in [2.45, 2.75) is 199 Å². The van der Waals surface area contributed by atoms with Crippen LogP contribution in [-0.2, 0) is 18.4 Å². The summed E-state index contributed by atoms with van der Waals surface area (Å²) in [6.07, 6.45) is 47.9. The fraction of sp³-hybridized carbons (Fsp3) is 0.804. The van der Waals surface area contributed by atoms with Crippen molar-refractivity contribution in [3.8, 4) is 0 Å². The van der Waals surface area contributed by atoms with E-state index in [2.05, 4.69) is 55.6 Å². The Morgan fingerprint density at radius 1 is 0.618 bits per heavy atom. The zero-order valence-electron chi connectivity index (χ0n) is 36.4. The van der Waals surface area contributed by atoms with Crippen molar-refractivity contribution in [2.24, 2.45) is 0 Å². The number of hydrogen-bond acceptors (Lipinski definition) is 5. The lowest BCUT2D eigenvalue weighted by Gasteiger charge is -2.25. The first-order chi connectivity index (χ1) is 26.5. The number of aliphatic hydroxyl groups is 1. The highest BCUT2D eigenvalue weighted by molar-refractivity contribution is 7.47. The molecule has 55 heavy (non-hydrogen) atoms. The van der Waals surface area contributed by atoms with E-state index in [9.17, 15) is 19.4 Å². The second kappa shape index (κ2) is 38.0. The first kappa shape index (κ1) is 53.5. The van der Waals surface area contributed by atoms with E-state index in [0.717, 1.165) is 57.8 Å². The van der Waals surface area contributed by atoms with Gasteiger partial charge in [-0.25, -0.2) is 4.57 Å². The molecule has 0 aromatic rings. The summed E-state index contributed by atoms with van der Waals surface area (Å²) in [5, 5.41) is 13.6. The zero-order valence-corrected chi connectivity index (χ0v) is 37.3. The van der Waals surface area contributed by atoms with Gasteiger partial charge in [-0.1, -0.05) is 172 Å². The summed E-state index contributed by atoms with van der Waals surface area (Å²) in [6, 6.07) is -0.844. The lowest BCUT2D eigenvalue weighted by molar-refractivity contribution is -0.870. The van der Waals surface area contributed by atoms with Crippen molar-refractivity contribution in [1.29, 1.82) is 0 Å². The lowest BCUT2D eigenvalue weighted by Crippen LogP contribution is -2.45. The van der Waals surface area contributed by atoms with Gasteiger partial charge in [0.1, 0.15) is 13.2 Å². The highest BCUT2D eigenvalue weighted by atomic mass is 31.2. The zero-order chi connectivity index (χ0) is 40.7. The number of nitrogens with one attached hydrogen (secondary N) is 1. The van der Waals surface area contributed by atoms with Gasteiger partial charge >= 0.3 is 7.82 Å². The van der Waals surface area contributed by atoms with Gasteiger partial charge in [-0.2, -0.15) is 0 Å². The Morgan fingerprint density at radius 2 is 1.04 bits per heavy atom. The Balaban J connectivity index is 4.04. The number of carbonyl (C=O) groups is 1. The molecule has 0 aliphatic heterocycles. The van der Waals surface area contributed by atoms with Crippen LogP contribution in [0.3, 0.4) is 0 Å². The van der Waals surface area contributed by atoms with Crippen LogP contribution >= 0.6 is 7.82 Å². The molecular weight excluding hydrogens is 707 g/mol. The minimum atomic E-state index is -4.32. The highest BCUT2D eigenvalue weighted by Crippen LogP contribution is 2.43. The van der Waals surface area contributed by atoms with E-state index in [-0.39, 0.29) is 19.1 Å². The maximum Gasteiger partial charge on any atom is 0.472 e. The second-order valence-electron chi connectivity index (χ2n) is 16.4. The molecule has 0 heterocycles. The Kier molecular flexibility index (Phi) is 36.9. The van der Waals surface area contributed by atoms with Gasteiger partial charge in [-0.3, -0.25) is 13.8 Å². The highest BCUT2D eigenvalue weighted by Gasteiger charge is 2.27. The van der Waals surface area contributed by atoms with Crippen LogP contribution in [-0.4, -0.2) is 73.4 Å². The van der Waals surface area contributed by atoms with E-state index in [0.29, 0.717) is 17.4 Å². The van der Waals surface area contributed by atoms with Crippen LogP contribution in [0, 0.1) is 0 Å². The van der Waals surface area contributed by atoms with Gasteiger partial charge in [0.2, 0.25) is 5.91 Å². The van der Waals surface area contributed by atoms with E-state index in [1.54, 1.807) is 6.08 Å². The molecule has 0 fully saturated rings. The molecule has 322 valence electrons. The van der Waals surface area contributed by atoms with E-state index >= 15 is 0 Å². The third kappa shape index (κ3) is 40.5. The van der Waals surface area contributed by atoms with Crippen LogP contribution in [0.4, 0.5) is 0 Å². The first-order valence-corrected chi connectivity index (χ1v) is 24.0. The maximum absolute atomic E-state index is 12.8. The molecule has 0 aliphatic carbocycles. The van der Waals surface area contributed by atoms with Crippen molar-refractivity contribution in [1.82, 2.24) is 5.32 Å². The number of phosphoric ester groups is 1. The molecule has 1 amide bonds. The number of phosphoric acid groups is 1. The molecule has 0 spiro atoms. The third-order valence-electron chi connectivity index (χ3n) is 9.79. The fourth-order valence-corrected chi connectivity index (χ4v) is 6.90. The largest absolute Gasteiger partial charge is 0.472 e. The monoisotopic (exact) mass is 796 g/mol. The molecule has 0 aromatic heterocycles. The summed E-state index contributed by atoms with van der Waals surface area (Å²) in [5.74, 6) is -0.187. The fourth-order valence-electron chi connectivity index (χ4n) is 6.16. The number of hydrogen-bond donors (Lipinski definition) is 3. The van der Waals surface area contributed by atoms with Crippen molar-refractivity contribution >= 4 is 13.7 Å². The quantitative estimate of drug-likeness (QED) is 0.0247. The van der Waals surface area contributed by atoms with Crippen LogP contribution < -0.4 is 5.32 Å². The molecule has 9 heteroatoms. The van der Waals surface area contributed by atoms with Gasteiger partial charge in [0.25, 0.3) is 0 Å². The van der Waals surface area contributed by atoms with Crippen LogP contribution in [0.2, 0.25) is 0 Å². The van der Waals surface area contributed by atoms with Crippen LogP contribution in [0.1, 0.15) is 187 Å². The third-order valence-corrected chi connectivity index (χ3v) is 10.8. The number of rotatable bonds is 40. The summed E-state index contributed by atoms with van der Waals surface area (Å²) < 4.78 is 23.4. The standard InChI is InChI=1S/C46H87N2O6P/c1-6-8-10-12-14-15-16-17-18-19-20-21-22-23-24-25-26-27-28-29-30-31-32-33-34-36-38-40-46(50)47-44(45(49)39-37-35-13-11-9-7-2)43-54-55(51,52)53-42-41-48(3,4)5/h16-17,19-20,22-23,37,39,44-45,49H,6-15,18,21,24-36,38,40-43H2,1-5H3,(H-,47,50,51,52)/p+1/b17-16-,20-19-,23-22-,39-37+. The summed E-state index contributed by atoms with van der Waals surface area (Å²) in [5.41, 5.74) is 0. The van der Waals surface area contributed by atoms with Gasteiger partial charge < -0.3 is 19.8 Å². The van der Waals surface area contributed by atoms with Crippen LogP contribution in [0.15, 0.2) is 48.6 Å². The number of quaternary nitrogens is 1. The SMILES string of the molecule is CCCCCC/C=C/C(O)C(COP(=O)(O)OCC[N+](C)(C)C)NC(=O)CCCCCCCCCCCCCC/C=C\C/C=C\C/C=C\CCCCCCC. The Bertz CT molecular complexity index is 1040. The minimum absolute atomic E-state index is 0.0593. The number of allylic oxidation sites excluding steroid dienone is 7. The topological polar surface area (TPSA) is 105 Å². The van der Waals surface area contributed by atoms with Crippen molar-refractivity contribution in [3.63, 3.8) is 0 Å². The molecule has 0 saturated heterocycles. The van der Waals surface area contributed by atoms with E-state index in [4.69, 9.17) is 9.05 Å². The number of carbonyl (C=O) groups excluding carboxylic acids is 1. The van der Waals surface area contributed by atoms with Crippen LogP contribution in [0.25, 0.3) is 0 Å². The van der Waals surface area contributed by atoms with E-state index in [1.165, 1.54) is 109 Å². The molecular formula is C46H88N2O6P+. The number of aliphatic hydroxyl groups excluding tert-OH is 1. The van der Waals surface area contributed by atoms with E-state index in [1.807, 2.05) is 27.2 Å². The maximum atomic E-state index is 12.8. The molecule has 3 unspecified atom stereocenters. The minimum Gasteiger partial charge on any atom is -0.387 e. The number of amides is 1. The van der Waals surface area contributed by atoms with E-state index < -0.39 is 20.0 Å². The lowest BCUT2D eigenvalue weighted by atomic mass is 10.0. The summed E-state index contributed by atoms with van der Waals surface area (Å²) in [7, 11) is 1.56. The summed E-state index contributed by atoms with van der Waals surface area (Å²) in [4.78, 5) is 23.0. The molecule has 0 radical (unpaired) electrons. The predicted molar refractivity (Wildman–Crippen MR) is 235 cm³/mol.